The molecule has 3 aliphatic rings. The first kappa shape index (κ1) is 22.0. The number of anilines is 2. The largest absolute Gasteiger partial charge is 0.494 e. The number of benzene rings is 2. The van der Waals surface area contributed by atoms with Crippen molar-refractivity contribution < 1.29 is 18.3 Å². The SMILES string of the molecule is COc1cc(F)cc(F)c1N1NC2C(CC1=O)NNC2c1ccc(N2CCN(C)CC2)cc1. The second-order valence-corrected chi connectivity index (χ2v) is 8.78. The Morgan fingerprint density at radius 1 is 1.03 bits per heavy atom. The third-order valence-electron chi connectivity index (χ3n) is 6.70. The molecule has 3 atom stereocenters. The van der Waals surface area contributed by atoms with E-state index in [4.69, 9.17) is 4.74 Å². The van der Waals surface area contributed by atoms with Gasteiger partial charge in [-0.15, -0.1) is 0 Å². The fourth-order valence-electron chi connectivity index (χ4n) is 4.80. The Morgan fingerprint density at radius 3 is 2.45 bits per heavy atom. The van der Waals surface area contributed by atoms with Gasteiger partial charge in [0.2, 0.25) is 5.91 Å². The van der Waals surface area contributed by atoms with Crippen LogP contribution in [0.5, 0.6) is 5.75 Å². The highest BCUT2D eigenvalue weighted by molar-refractivity contribution is 5.95. The smallest absolute Gasteiger partial charge is 0.243 e. The minimum Gasteiger partial charge on any atom is -0.494 e. The summed E-state index contributed by atoms with van der Waals surface area (Å²) < 4.78 is 33.5. The van der Waals surface area contributed by atoms with Crippen LogP contribution in [0.15, 0.2) is 36.4 Å². The maximum absolute atomic E-state index is 14.7. The van der Waals surface area contributed by atoms with E-state index in [1.807, 2.05) is 0 Å². The van der Waals surface area contributed by atoms with E-state index in [-0.39, 0.29) is 41.9 Å². The van der Waals surface area contributed by atoms with Crippen molar-refractivity contribution >= 4 is 17.3 Å². The molecular formula is C23H28F2N6O2. The monoisotopic (exact) mass is 458 g/mol. The van der Waals surface area contributed by atoms with Crippen LogP contribution in [0.25, 0.3) is 0 Å². The lowest BCUT2D eigenvalue weighted by Crippen LogP contribution is -2.60. The van der Waals surface area contributed by atoms with Gasteiger partial charge in [-0.3, -0.25) is 10.2 Å². The average molecular weight is 459 g/mol. The van der Waals surface area contributed by atoms with Gasteiger partial charge in [-0.2, -0.15) is 0 Å². The second-order valence-electron chi connectivity index (χ2n) is 8.78. The zero-order valence-corrected chi connectivity index (χ0v) is 18.6. The minimum absolute atomic E-state index is 0.0428. The van der Waals surface area contributed by atoms with Crippen LogP contribution < -0.4 is 30.9 Å². The highest BCUT2D eigenvalue weighted by Crippen LogP contribution is 2.36. The molecule has 176 valence electrons. The molecule has 2 aromatic rings. The van der Waals surface area contributed by atoms with Crippen molar-refractivity contribution in [3.8, 4) is 5.75 Å². The van der Waals surface area contributed by atoms with Crippen molar-refractivity contribution in [3.05, 3.63) is 53.6 Å². The van der Waals surface area contributed by atoms with Crippen molar-refractivity contribution in [2.24, 2.45) is 0 Å². The zero-order chi connectivity index (χ0) is 23.1. The molecule has 2 aromatic carbocycles. The van der Waals surface area contributed by atoms with Gasteiger partial charge in [0.05, 0.1) is 19.2 Å². The molecule has 1 amide bonds. The normalized spacial score (nSPS) is 25.9. The third-order valence-corrected chi connectivity index (χ3v) is 6.70. The summed E-state index contributed by atoms with van der Waals surface area (Å²) in [6.45, 7) is 4.06. The number of amides is 1. The second kappa shape index (κ2) is 8.86. The molecule has 33 heavy (non-hydrogen) atoms. The number of fused-ring (bicyclic) bond motifs is 1. The number of halogens is 2. The summed E-state index contributed by atoms with van der Waals surface area (Å²) in [5.74, 6) is -2.00. The van der Waals surface area contributed by atoms with Crippen molar-refractivity contribution in [1.82, 2.24) is 21.2 Å². The number of nitrogens with one attached hydrogen (secondary N) is 3. The van der Waals surface area contributed by atoms with Gasteiger partial charge in [0.1, 0.15) is 17.3 Å². The van der Waals surface area contributed by atoms with Gasteiger partial charge in [-0.1, -0.05) is 12.1 Å². The first-order valence-corrected chi connectivity index (χ1v) is 11.1. The van der Waals surface area contributed by atoms with Crippen molar-refractivity contribution in [2.75, 3.05) is 50.2 Å². The number of likely N-dealkylation sites (N-methyl/N-ethyl adjacent to an activating group) is 1. The first-order valence-electron chi connectivity index (χ1n) is 11.1. The Kier molecular flexibility index (Phi) is 5.92. The van der Waals surface area contributed by atoms with Gasteiger partial charge in [-0.25, -0.2) is 24.6 Å². The van der Waals surface area contributed by atoms with E-state index >= 15 is 0 Å². The van der Waals surface area contributed by atoms with Crippen LogP contribution in [0, 0.1) is 11.6 Å². The molecule has 0 bridgehead atoms. The van der Waals surface area contributed by atoms with Crippen LogP contribution in [-0.2, 0) is 4.79 Å². The Labute approximate surface area is 191 Å². The molecule has 0 spiro atoms. The summed E-state index contributed by atoms with van der Waals surface area (Å²) in [5.41, 5.74) is 11.7. The number of carbonyl (C=O) groups excluding carboxylic acids is 1. The maximum atomic E-state index is 14.7. The number of hydrogen-bond acceptors (Lipinski definition) is 7. The quantitative estimate of drug-likeness (QED) is 0.642. The van der Waals surface area contributed by atoms with E-state index in [1.54, 1.807) is 0 Å². The fourth-order valence-corrected chi connectivity index (χ4v) is 4.80. The molecule has 0 radical (unpaired) electrons. The molecule has 8 nitrogen and oxygen atoms in total. The van der Waals surface area contributed by atoms with Crippen molar-refractivity contribution in [3.63, 3.8) is 0 Å². The summed E-state index contributed by atoms with van der Waals surface area (Å²) >= 11 is 0. The lowest BCUT2D eigenvalue weighted by atomic mass is 9.93. The minimum atomic E-state index is -0.863. The molecule has 3 unspecified atom stereocenters. The van der Waals surface area contributed by atoms with Crippen LogP contribution in [-0.4, -0.2) is 63.2 Å². The molecule has 0 aromatic heterocycles. The molecule has 3 fully saturated rings. The van der Waals surface area contributed by atoms with Crippen molar-refractivity contribution in [1.29, 1.82) is 0 Å². The topological polar surface area (TPSA) is 72.1 Å². The Bertz CT molecular complexity index is 1030. The first-order chi connectivity index (χ1) is 15.9. The van der Waals surface area contributed by atoms with Crippen LogP contribution in [0.4, 0.5) is 20.2 Å². The van der Waals surface area contributed by atoms with Crippen LogP contribution in [0.1, 0.15) is 18.0 Å². The Hall–Kier alpha value is -2.79. The molecule has 10 heteroatoms. The van der Waals surface area contributed by atoms with Gasteiger partial charge in [-0.05, 0) is 24.7 Å². The van der Waals surface area contributed by atoms with E-state index < -0.39 is 11.6 Å². The van der Waals surface area contributed by atoms with E-state index in [1.165, 1.54) is 12.8 Å². The van der Waals surface area contributed by atoms with Crippen molar-refractivity contribution in [2.45, 2.75) is 24.5 Å². The molecule has 3 aliphatic heterocycles. The summed E-state index contributed by atoms with van der Waals surface area (Å²) in [4.78, 5) is 17.5. The van der Waals surface area contributed by atoms with E-state index in [0.29, 0.717) is 0 Å². The fraction of sp³-hybridized carbons (Fsp3) is 0.435. The average Bonchev–Trinajstić information content (AvgIpc) is 3.21. The lowest BCUT2D eigenvalue weighted by Gasteiger charge is -2.37. The number of ether oxygens (including phenoxy) is 1. The number of piperazine rings is 1. The predicted octanol–water partition coefficient (Wildman–Crippen LogP) is 1.55. The Morgan fingerprint density at radius 2 is 1.76 bits per heavy atom. The number of hydrazine groups is 2. The number of nitrogens with zero attached hydrogens (tertiary/aromatic N) is 3. The highest BCUT2D eigenvalue weighted by Gasteiger charge is 2.45. The molecule has 3 saturated heterocycles. The van der Waals surface area contributed by atoms with E-state index in [9.17, 15) is 13.6 Å². The van der Waals surface area contributed by atoms with Gasteiger partial charge in [0.15, 0.2) is 5.82 Å². The molecule has 5 rings (SSSR count). The van der Waals surface area contributed by atoms with Crippen LogP contribution in [0.2, 0.25) is 0 Å². The van der Waals surface area contributed by atoms with E-state index in [2.05, 4.69) is 57.4 Å². The molecule has 3 N–H and O–H groups in total. The van der Waals surface area contributed by atoms with Gasteiger partial charge in [0.25, 0.3) is 0 Å². The van der Waals surface area contributed by atoms with Gasteiger partial charge in [0, 0.05) is 56.5 Å². The lowest BCUT2D eigenvalue weighted by molar-refractivity contribution is -0.121. The summed E-state index contributed by atoms with van der Waals surface area (Å²) in [6.07, 6.45) is 0.153. The summed E-state index contributed by atoms with van der Waals surface area (Å²) in [5, 5.41) is 1.15. The van der Waals surface area contributed by atoms with Gasteiger partial charge < -0.3 is 14.5 Å². The van der Waals surface area contributed by atoms with Crippen LogP contribution in [0.3, 0.4) is 0 Å². The summed E-state index contributed by atoms with van der Waals surface area (Å²) in [7, 11) is 3.45. The summed E-state index contributed by atoms with van der Waals surface area (Å²) in [6, 6.07) is 9.65. The molecule has 0 aliphatic carbocycles. The molecular weight excluding hydrogens is 430 g/mol. The van der Waals surface area contributed by atoms with E-state index in [0.717, 1.165) is 48.9 Å². The standard InChI is InChI=1S/C23H28F2N6O2/c1-29-7-9-30(10-8-29)16-5-3-14(4-6-16)21-22-18(26-27-21)13-20(32)31(28-22)23-17(25)11-15(24)12-19(23)33-2/h3-6,11-12,18,21-22,26-28H,7-10,13H2,1-2H3. The number of rotatable bonds is 4. The predicted molar refractivity (Wildman–Crippen MR) is 121 cm³/mol. The third kappa shape index (κ3) is 4.15. The van der Waals surface area contributed by atoms with Gasteiger partial charge >= 0.3 is 0 Å². The Balaban J connectivity index is 1.37. The zero-order valence-electron chi connectivity index (χ0n) is 18.6. The number of hydrogen-bond donors (Lipinski definition) is 3. The molecule has 0 saturated carbocycles. The molecule has 3 heterocycles. The van der Waals surface area contributed by atoms with Crippen LogP contribution >= 0.6 is 0 Å². The highest BCUT2D eigenvalue weighted by atomic mass is 19.1. The number of carbonyl (C=O) groups is 1. The maximum Gasteiger partial charge on any atom is 0.243 e. The number of methoxy groups -OCH3 is 1.